The summed E-state index contributed by atoms with van der Waals surface area (Å²) in [5.74, 6) is 0.942. The monoisotopic (exact) mass is 606 g/mol. The number of rotatable bonds is 7. The predicted octanol–water partition coefficient (Wildman–Crippen LogP) is 8.77. The average molecular weight is 607 g/mol. The van der Waals surface area contributed by atoms with Gasteiger partial charge >= 0.3 is 0 Å². The normalized spacial score (nSPS) is 17.2. The van der Waals surface area contributed by atoms with Crippen molar-refractivity contribution in [2.75, 3.05) is 16.8 Å². The van der Waals surface area contributed by atoms with Gasteiger partial charge in [-0.05, 0) is 78.4 Å². The van der Waals surface area contributed by atoms with E-state index in [1.54, 1.807) is 17.0 Å². The van der Waals surface area contributed by atoms with Gasteiger partial charge in [0.05, 0.1) is 24.0 Å². The summed E-state index contributed by atoms with van der Waals surface area (Å²) in [5, 5.41) is 4.24. The molecule has 2 aliphatic rings. The molecule has 1 aliphatic carbocycles. The van der Waals surface area contributed by atoms with Crippen molar-refractivity contribution in [3.05, 3.63) is 130 Å². The van der Waals surface area contributed by atoms with Crippen molar-refractivity contribution < 1.29 is 19.1 Å². The zero-order valence-electron chi connectivity index (χ0n) is 25.1. The van der Waals surface area contributed by atoms with Crippen molar-refractivity contribution in [1.29, 1.82) is 0 Å². The van der Waals surface area contributed by atoms with E-state index in [1.807, 2.05) is 91.9 Å². The Hall–Kier alpha value is -4.55. The summed E-state index contributed by atoms with van der Waals surface area (Å²) in [6.45, 7) is 6.88. The molecule has 1 heterocycles. The highest BCUT2D eigenvalue weighted by atomic mass is 35.5. The lowest BCUT2D eigenvalue weighted by Crippen LogP contribution is -2.39. The summed E-state index contributed by atoms with van der Waals surface area (Å²) in [6, 6.07) is 29.4. The van der Waals surface area contributed by atoms with E-state index in [2.05, 4.69) is 19.2 Å². The number of hydrogen-bond acceptors (Lipinski definition) is 5. The highest BCUT2D eigenvalue weighted by Gasteiger charge is 2.43. The maximum Gasteiger partial charge on any atom is 0.259 e. The van der Waals surface area contributed by atoms with Crippen LogP contribution in [-0.4, -0.2) is 18.3 Å². The molecular formula is C37H35ClN2O4. The summed E-state index contributed by atoms with van der Waals surface area (Å²) < 4.78 is 12.3. The third kappa shape index (κ3) is 5.95. The van der Waals surface area contributed by atoms with Crippen LogP contribution in [0.15, 0.2) is 108 Å². The van der Waals surface area contributed by atoms with Crippen LogP contribution >= 0.6 is 11.6 Å². The summed E-state index contributed by atoms with van der Waals surface area (Å²) in [7, 11) is 0. The van der Waals surface area contributed by atoms with Crippen LogP contribution in [0.25, 0.3) is 0 Å². The molecular weight excluding hydrogens is 572 g/mol. The van der Waals surface area contributed by atoms with Gasteiger partial charge in [-0.25, -0.2) is 0 Å². The van der Waals surface area contributed by atoms with Crippen molar-refractivity contribution >= 4 is 34.7 Å². The number of nitrogens with one attached hydrogen (secondary N) is 1. The minimum atomic E-state index is -0.693. The van der Waals surface area contributed by atoms with Crippen LogP contribution in [0, 0.1) is 5.41 Å². The van der Waals surface area contributed by atoms with E-state index in [0.29, 0.717) is 59.4 Å². The fraction of sp³-hybridized carbons (Fsp3) is 0.243. The van der Waals surface area contributed by atoms with Crippen LogP contribution < -0.4 is 19.7 Å². The SMILES string of the molecule is CCOc1cc([C@H]2C3=C(CC(C)(C)CC3=O)Nc3ccccc3N2C(=O)c2ccccc2)ccc1OCc1ccc(Cl)cc1. The molecule has 6 rings (SSSR count). The van der Waals surface area contributed by atoms with Crippen molar-refractivity contribution in [2.45, 2.75) is 46.3 Å². The molecule has 0 fully saturated rings. The van der Waals surface area contributed by atoms with Crippen LogP contribution in [0.1, 0.15) is 61.1 Å². The number of allylic oxidation sites excluding steroid dienone is 1. The molecule has 224 valence electrons. The van der Waals surface area contributed by atoms with E-state index in [9.17, 15) is 9.59 Å². The quantitative estimate of drug-likeness (QED) is 0.228. The third-order valence-corrected chi connectivity index (χ3v) is 8.28. The van der Waals surface area contributed by atoms with Crippen LogP contribution in [0.2, 0.25) is 5.02 Å². The number of carbonyl (C=O) groups excluding carboxylic acids is 2. The minimum Gasteiger partial charge on any atom is -0.490 e. The lowest BCUT2D eigenvalue weighted by atomic mass is 9.73. The van der Waals surface area contributed by atoms with Gasteiger partial charge in [-0.2, -0.15) is 0 Å². The second-order valence-electron chi connectivity index (χ2n) is 12.0. The Bertz CT molecular complexity index is 1730. The molecule has 0 saturated carbocycles. The van der Waals surface area contributed by atoms with Gasteiger partial charge in [0.25, 0.3) is 5.91 Å². The number of ketones is 1. The number of carbonyl (C=O) groups is 2. The number of para-hydroxylation sites is 2. The molecule has 1 atom stereocenters. The number of halogens is 1. The van der Waals surface area contributed by atoms with Crippen LogP contribution in [0.3, 0.4) is 0 Å². The number of ether oxygens (including phenoxy) is 2. The Morgan fingerprint density at radius 1 is 0.909 bits per heavy atom. The molecule has 44 heavy (non-hydrogen) atoms. The van der Waals surface area contributed by atoms with Gasteiger partial charge in [0.1, 0.15) is 6.61 Å². The molecule has 4 aromatic rings. The highest BCUT2D eigenvalue weighted by molar-refractivity contribution is 6.30. The van der Waals surface area contributed by atoms with E-state index in [1.165, 1.54) is 0 Å². The second-order valence-corrected chi connectivity index (χ2v) is 12.4. The fourth-order valence-electron chi connectivity index (χ4n) is 6.07. The van der Waals surface area contributed by atoms with Crippen molar-refractivity contribution in [1.82, 2.24) is 0 Å². The summed E-state index contributed by atoms with van der Waals surface area (Å²) in [4.78, 5) is 30.3. The first kappa shape index (κ1) is 29.5. The molecule has 7 heteroatoms. The summed E-state index contributed by atoms with van der Waals surface area (Å²) in [5.41, 5.74) is 4.96. The molecule has 0 radical (unpaired) electrons. The Morgan fingerprint density at radius 2 is 1.64 bits per heavy atom. The van der Waals surface area contributed by atoms with Gasteiger partial charge in [-0.1, -0.05) is 74.0 Å². The minimum absolute atomic E-state index is 0.0217. The smallest absolute Gasteiger partial charge is 0.259 e. The standard InChI is InChI=1S/C37H35ClN2O4/c1-4-43-33-20-26(16-19-32(33)44-23-24-14-17-27(38)18-15-24)35-34-29(21-37(2,3)22-31(34)41)39-28-12-8-9-13-30(28)40(35)36(42)25-10-6-5-7-11-25/h5-20,35,39H,4,21-23H2,1-3H3/t35-/m0/s1. The molecule has 1 amide bonds. The Balaban J connectivity index is 1.50. The zero-order valence-corrected chi connectivity index (χ0v) is 25.9. The van der Waals surface area contributed by atoms with Gasteiger partial charge in [0, 0.05) is 28.3 Å². The van der Waals surface area contributed by atoms with Gasteiger partial charge in [0.2, 0.25) is 0 Å². The van der Waals surface area contributed by atoms with Crippen molar-refractivity contribution in [3.63, 3.8) is 0 Å². The number of amides is 1. The lowest BCUT2D eigenvalue weighted by Gasteiger charge is -2.37. The molecule has 0 bridgehead atoms. The van der Waals surface area contributed by atoms with Gasteiger partial charge in [0.15, 0.2) is 17.3 Å². The first-order chi connectivity index (χ1) is 21.2. The van der Waals surface area contributed by atoms with E-state index < -0.39 is 6.04 Å². The van der Waals surface area contributed by atoms with Crippen molar-refractivity contribution in [2.24, 2.45) is 5.41 Å². The van der Waals surface area contributed by atoms with E-state index >= 15 is 0 Å². The first-order valence-corrected chi connectivity index (χ1v) is 15.3. The molecule has 0 saturated heterocycles. The van der Waals surface area contributed by atoms with Crippen molar-refractivity contribution in [3.8, 4) is 11.5 Å². The Morgan fingerprint density at radius 3 is 2.39 bits per heavy atom. The molecule has 0 spiro atoms. The molecule has 0 unspecified atom stereocenters. The average Bonchev–Trinajstić information content (AvgIpc) is 3.15. The molecule has 4 aromatic carbocycles. The highest BCUT2D eigenvalue weighted by Crippen LogP contribution is 2.49. The number of Topliss-reactive ketones (excluding diaryl/α,β-unsaturated/α-hetero) is 1. The molecule has 0 aromatic heterocycles. The number of nitrogens with zero attached hydrogens (tertiary/aromatic N) is 1. The van der Waals surface area contributed by atoms with E-state index in [0.717, 1.165) is 22.5 Å². The van der Waals surface area contributed by atoms with Gasteiger partial charge < -0.3 is 14.8 Å². The Labute approximate surface area is 263 Å². The Kier molecular flexibility index (Phi) is 8.19. The summed E-state index contributed by atoms with van der Waals surface area (Å²) in [6.07, 6.45) is 1.06. The largest absolute Gasteiger partial charge is 0.490 e. The molecule has 1 N–H and O–H groups in total. The van der Waals surface area contributed by atoms with E-state index in [-0.39, 0.29) is 17.1 Å². The topological polar surface area (TPSA) is 67.9 Å². The van der Waals surface area contributed by atoms with Crippen LogP contribution in [-0.2, 0) is 11.4 Å². The van der Waals surface area contributed by atoms with Gasteiger partial charge in [-0.15, -0.1) is 0 Å². The second kappa shape index (κ2) is 12.2. The zero-order chi connectivity index (χ0) is 30.8. The number of hydrogen-bond donors (Lipinski definition) is 1. The third-order valence-electron chi connectivity index (χ3n) is 8.03. The van der Waals surface area contributed by atoms with Crippen LogP contribution in [0.4, 0.5) is 11.4 Å². The summed E-state index contributed by atoms with van der Waals surface area (Å²) >= 11 is 6.06. The lowest BCUT2D eigenvalue weighted by molar-refractivity contribution is -0.118. The number of anilines is 2. The molecule has 1 aliphatic heterocycles. The first-order valence-electron chi connectivity index (χ1n) is 14.9. The number of fused-ring (bicyclic) bond motifs is 1. The van der Waals surface area contributed by atoms with Crippen LogP contribution in [0.5, 0.6) is 11.5 Å². The fourth-order valence-corrected chi connectivity index (χ4v) is 6.20. The van der Waals surface area contributed by atoms with Gasteiger partial charge in [-0.3, -0.25) is 14.5 Å². The maximum absolute atomic E-state index is 14.5. The van der Waals surface area contributed by atoms with E-state index in [4.69, 9.17) is 21.1 Å². The number of benzene rings is 4. The molecule has 6 nitrogen and oxygen atoms in total. The predicted molar refractivity (Wildman–Crippen MR) is 175 cm³/mol. The maximum atomic E-state index is 14.5.